The van der Waals surface area contributed by atoms with E-state index >= 15 is 0 Å². The molecule has 7 nitrogen and oxygen atoms in total. The first-order valence-electron chi connectivity index (χ1n) is 6.19. The fourth-order valence-corrected chi connectivity index (χ4v) is 2.54. The number of hydrogen-bond acceptors (Lipinski definition) is 6. The maximum atomic E-state index is 11.9. The van der Waals surface area contributed by atoms with Crippen molar-refractivity contribution in [2.45, 2.75) is 19.0 Å². The standard InChI is InChI=1S/C13H14N6OS/c1-7-4-8(2)19-12(16-7)17-13(18-19)21-6-11(20)10(5-14)9(3)15/h4,10H,3,6,15H2,1-2H3/p+1/t10-/m0/s1. The molecule has 2 heterocycles. The van der Waals surface area contributed by atoms with Gasteiger partial charge >= 0.3 is 0 Å². The van der Waals surface area contributed by atoms with Crippen LogP contribution in [0.3, 0.4) is 0 Å². The van der Waals surface area contributed by atoms with Gasteiger partial charge in [-0.1, -0.05) is 11.8 Å². The van der Waals surface area contributed by atoms with Crippen LogP contribution in [0.5, 0.6) is 0 Å². The lowest BCUT2D eigenvalue weighted by Gasteiger charge is -2.02. The average Bonchev–Trinajstić information content (AvgIpc) is 2.80. The highest BCUT2D eigenvalue weighted by Gasteiger charge is 2.22. The Bertz CT molecular complexity index is 760. The molecular weight excluding hydrogens is 288 g/mol. The first-order chi connectivity index (χ1) is 9.92. The number of nitriles is 1. The van der Waals surface area contributed by atoms with Gasteiger partial charge in [0.2, 0.25) is 5.16 Å². The Labute approximate surface area is 125 Å². The number of hydrogen-bond donors (Lipinski definition) is 1. The summed E-state index contributed by atoms with van der Waals surface area (Å²) in [6.07, 6.45) is 0. The van der Waals surface area contributed by atoms with E-state index in [1.54, 1.807) is 4.52 Å². The van der Waals surface area contributed by atoms with Gasteiger partial charge in [0.05, 0.1) is 11.8 Å². The van der Waals surface area contributed by atoms with Gasteiger partial charge in [-0.2, -0.15) is 10.2 Å². The molecule has 0 aromatic carbocycles. The highest BCUT2D eigenvalue weighted by molar-refractivity contribution is 7.99. The fraction of sp³-hybridized carbons (Fsp3) is 0.308. The molecule has 2 aromatic rings. The largest absolute Gasteiger partial charge is 0.328 e. The molecule has 0 radical (unpaired) electrons. The summed E-state index contributed by atoms with van der Waals surface area (Å²) in [6.45, 7) is 7.34. The predicted molar refractivity (Wildman–Crippen MR) is 77.1 cm³/mol. The van der Waals surface area contributed by atoms with Gasteiger partial charge in [-0.05, 0) is 26.5 Å². The summed E-state index contributed by atoms with van der Waals surface area (Å²) in [5.41, 5.74) is 5.63. The van der Waals surface area contributed by atoms with Crippen molar-refractivity contribution < 1.29 is 10.5 Å². The maximum Gasteiger partial charge on any atom is 0.253 e. The van der Waals surface area contributed by atoms with Crippen LogP contribution in [-0.2, 0) is 4.79 Å². The molecular formula is C13H15N6OS+. The highest BCUT2D eigenvalue weighted by atomic mass is 32.2. The van der Waals surface area contributed by atoms with E-state index in [1.807, 2.05) is 26.0 Å². The SMILES string of the molecule is C=C([NH3+])[C@H](C#N)C(=O)CSc1nc2nc(C)cc(C)n2n1. The number of carbonyl (C=O) groups is 1. The van der Waals surface area contributed by atoms with Gasteiger partial charge in [0.15, 0.2) is 11.7 Å². The third kappa shape index (κ3) is 3.26. The number of Topliss-reactive ketones (excluding diaryl/α,β-unsaturated/α-hetero) is 1. The maximum absolute atomic E-state index is 11.9. The minimum atomic E-state index is -0.878. The van der Waals surface area contributed by atoms with Gasteiger partial charge in [-0.15, -0.1) is 5.10 Å². The molecule has 8 heteroatoms. The molecule has 0 fully saturated rings. The molecule has 0 aliphatic rings. The molecule has 108 valence electrons. The van der Waals surface area contributed by atoms with E-state index in [0.717, 1.165) is 11.4 Å². The fourth-order valence-electron chi connectivity index (χ4n) is 1.82. The Morgan fingerprint density at radius 2 is 2.29 bits per heavy atom. The van der Waals surface area contributed by atoms with E-state index in [0.29, 0.717) is 16.6 Å². The number of rotatable bonds is 5. The Hall–Kier alpha value is -2.24. The molecule has 0 amide bonds. The molecule has 2 rings (SSSR count). The zero-order chi connectivity index (χ0) is 15.6. The number of fused-ring (bicyclic) bond motifs is 1. The van der Waals surface area contributed by atoms with Gasteiger partial charge in [-0.25, -0.2) is 9.50 Å². The molecule has 1 atom stereocenters. The number of thioether (sulfide) groups is 1. The number of carbonyl (C=O) groups excluding carboxylic acids is 1. The number of aryl methyl sites for hydroxylation is 2. The van der Waals surface area contributed by atoms with E-state index in [4.69, 9.17) is 5.26 Å². The van der Waals surface area contributed by atoms with Crippen LogP contribution in [0.25, 0.3) is 5.78 Å². The first kappa shape index (κ1) is 15.2. The second-order valence-electron chi connectivity index (χ2n) is 4.62. The first-order valence-corrected chi connectivity index (χ1v) is 7.18. The number of quaternary nitrogens is 1. The molecule has 2 aromatic heterocycles. The summed E-state index contributed by atoms with van der Waals surface area (Å²) in [7, 11) is 0. The van der Waals surface area contributed by atoms with Crippen LogP contribution >= 0.6 is 11.8 Å². The quantitative estimate of drug-likeness (QED) is 0.795. The Kier molecular flexibility index (Phi) is 4.35. The lowest BCUT2D eigenvalue weighted by atomic mass is 10.1. The topological polar surface area (TPSA) is 112 Å². The predicted octanol–water partition coefficient (Wildman–Crippen LogP) is 0.298. The average molecular weight is 303 g/mol. The smallest absolute Gasteiger partial charge is 0.253 e. The van der Waals surface area contributed by atoms with Crippen molar-refractivity contribution in [2.75, 3.05) is 5.75 Å². The third-order valence-corrected chi connectivity index (χ3v) is 3.66. The van der Waals surface area contributed by atoms with Crippen molar-refractivity contribution in [2.24, 2.45) is 5.92 Å². The highest BCUT2D eigenvalue weighted by Crippen LogP contribution is 2.17. The zero-order valence-electron chi connectivity index (χ0n) is 11.8. The summed E-state index contributed by atoms with van der Waals surface area (Å²) in [5, 5.41) is 13.7. The molecule has 0 saturated carbocycles. The van der Waals surface area contributed by atoms with E-state index in [9.17, 15) is 4.79 Å². The van der Waals surface area contributed by atoms with Gasteiger partial charge in [0.25, 0.3) is 5.78 Å². The van der Waals surface area contributed by atoms with Crippen molar-refractivity contribution >= 4 is 23.3 Å². The summed E-state index contributed by atoms with van der Waals surface area (Å²) < 4.78 is 1.63. The molecule has 0 saturated heterocycles. The Morgan fingerprint density at radius 3 is 2.90 bits per heavy atom. The zero-order valence-corrected chi connectivity index (χ0v) is 12.6. The number of nitrogens with zero attached hydrogens (tertiary/aromatic N) is 5. The molecule has 0 aliphatic carbocycles. The van der Waals surface area contributed by atoms with Crippen LogP contribution in [0.15, 0.2) is 23.5 Å². The molecule has 21 heavy (non-hydrogen) atoms. The summed E-state index contributed by atoms with van der Waals surface area (Å²) in [4.78, 5) is 20.4. The van der Waals surface area contributed by atoms with Crippen LogP contribution in [-0.4, -0.2) is 31.1 Å². The van der Waals surface area contributed by atoms with E-state index in [2.05, 4.69) is 27.4 Å². The Balaban J connectivity index is 2.14. The van der Waals surface area contributed by atoms with Crippen molar-refractivity contribution in [3.63, 3.8) is 0 Å². The molecule has 0 spiro atoms. The number of allylic oxidation sites excluding steroid dienone is 1. The van der Waals surface area contributed by atoms with Crippen molar-refractivity contribution in [3.05, 3.63) is 29.7 Å². The van der Waals surface area contributed by atoms with Crippen molar-refractivity contribution in [1.29, 1.82) is 5.26 Å². The second-order valence-corrected chi connectivity index (χ2v) is 5.56. The van der Waals surface area contributed by atoms with Gasteiger partial charge in [0, 0.05) is 11.4 Å². The van der Waals surface area contributed by atoms with Gasteiger partial charge < -0.3 is 5.73 Å². The van der Waals surface area contributed by atoms with Crippen LogP contribution < -0.4 is 5.73 Å². The van der Waals surface area contributed by atoms with E-state index in [1.165, 1.54) is 11.8 Å². The van der Waals surface area contributed by atoms with Crippen molar-refractivity contribution in [3.8, 4) is 6.07 Å². The summed E-state index contributed by atoms with van der Waals surface area (Å²) in [5.74, 6) is -0.526. The minimum Gasteiger partial charge on any atom is -0.328 e. The van der Waals surface area contributed by atoms with E-state index in [-0.39, 0.29) is 11.5 Å². The Morgan fingerprint density at radius 1 is 1.57 bits per heavy atom. The van der Waals surface area contributed by atoms with E-state index < -0.39 is 5.92 Å². The monoisotopic (exact) mass is 303 g/mol. The number of ketones is 1. The van der Waals surface area contributed by atoms with Crippen LogP contribution in [0.2, 0.25) is 0 Å². The minimum absolute atomic E-state index is 0.0989. The lowest BCUT2D eigenvalue weighted by molar-refractivity contribution is -0.309. The molecule has 0 bridgehead atoms. The molecule has 0 aliphatic heterocycles. The number of aromatic nitrogens is 4. The third-order valence-electron chi connectivity index (χ3n) is 2.80. The van der Waals surface area contributed by atoms with Crippen LogP contribution in [0, 0.1) is 31.1 Å². The second kappa shape index (κ2) is 6.03. The van der Waals surface area contributed by atoms with Crippen molar-refractivity contribution in [1.82, 2.24) is 19.6 Å². The normalized spacial score (nSPS) is 12.1. The summed E-state index contributed by atoms with van der Waals surface area (Å²) >= 11 is 1.18. The van der Waals surface area contributed by atoms with Gasteiger partial charge in [-0.3, -0.25) is 4.79 Å². The van der Waals surface area contributed by atoms with Crippen LogP contribution in [0.1, 0.15) is 11.4 Å². The van der Waals surface area contributed by atoms with Crippen LogP contribution in [0.4, 0.5) is 0 Å². The van der Waals surface area contributed by atoms with Gasteiger partial charge in [0.1, 0.15) is 5.70 Å². The lowest BCUT2D eigenvalue weighted by Crippen LogP contribution is -2.51. The summed E-state index contributed by atoms with van der Waals surface area (Å²) in [6, 6.07) is 3.80. The molecule has 3 N–H and O–H groups in total. The molecule has 0 unspecified atom stereocenters.